The molecule has 240 valence electrons. The van der Waals surface area contributed by atoms with Crippen molar-refractivity contribution in [3.63, 3.8) is 0 Å². The maximum Gasteiger partial charge on any atom is -0.0231 e. The molecule has 0 heteroatoms. The number of hydrogen-bond acceptors (Lipinski definition) is 0. The first-order valence-corrected chi connectivity index (χ1v) is 17.9. The molecule has 0 aromatic heterocycles. The molecule has 2 aliphatic rings. The van der Waals surface area contributed by atoms with Gasteiger partial charge in [0, 0.05) is 0 Å². The molecule has 4 atom stereocenters. The molecule has 0 saturated heterocycles. The predicted molar refractivity (Wildman–Crippen MR) is 190 cm³/mol. The molecule has 0 amide bonds. The van der Waals surface area contributed by atoms with E-state index in [1.807, 2.05) is 13.8 Å². The summed E-state index contributed by atoms with van der Waals surface area (Å²) >= 11 is 0. The monoisotopic (exact) mass is 553 g/mol. The quantitative estimate of drug-likeness (QED) is 0.287. The summed E-state index contributed by atoms with van der Waals surface area (Å²) < 4.78 is 0. The van der Waals surface area contributed by atoms with Crippen molar-refractivity contribution < 1.29 is 0 Å². The molecule has 4 unspecified atom stereocenters. The second-order valence-corrected chi connectivity index (χ2v) is 12.0. The third kappa shape index (κ3) is 39.7. The highest BCUT2D eigenvalue weighted by molar-refractivity contribution is 5.10. The van der Waals surface area contributed by atoms with Crippen molar-refractivity contribution in [2.75, 3.05) is 0 Å². The van der Waals surface area contributed by atoms with Gasteiger partial charge in [-0.05, 0) is 68.1 Å². The SMILES string of the molecule is CC.CCC.CCC(C)C.CCC1=CC(C)CCC1C.CCC1=CCC(C)C(C)C1.CCCC.CCCCC. The Kier molecular flexibility index (Phi) is 49.0. The Morgan fingerprint density at radius 3 is 1.41 bits per heavy atom. The molecule has 2 rings (SSSR count). The minimum absolute atomic E-state index is 0.839. The van der Waals surface area contributed by atoms with E-state index in [0.29, 0.717) is 0 Å². The molecular formula is C39H84. The van der Waals surface area contributed by atoms with Crippen molar-refractivity contribution in [1.82, 2.24) is 0 Å². The summed E-state index contributed by atoms with van der Waals surface area (Å²) in [6.45, 7) is 37.6. The third-order valence-corrected chi connectivity index (χ3v) is 7.41. The first-order valence-electron chi connectivity index (χ1n) is 17.9. The first-order chi connectivity index (χ1) is 18.5. The van der Waals surface area contributed by atoms with Crippen molar-refractivity contribution >= 4 is 0 Å². The lowest BCUT2D eigenvalue weighted by Crippen LogP contribution is -2.12. The molecule has 0 aliphatic heterocycles. The third-order valence-electron chi connectivity index (χ3n) is 7.41. The summed E-state index contributed by atoms with van der Waals surface area (Å²) in [6.07, 6.45) is 22.1. The van der Waals surface area contributed by atoms with E-state index >= 15 is 0 Å². The van der Waals surface area contributed by atoms with Gasteiger partial charge in [-0.15, -0.1) is 0 Å². The molecular weight excluding hydrogens is 468 g/mol. The fraction of sp³-hybridized carbons (Fsp3) is 0.897. The van der Waals surface area contributed by atoms with E-state index in [4.69, 9.17) is 0 Å². The molecule has 0 radical (unpaired) electrons. The first kappa shape index (κ1) is 48.2. The van der Waals surface area contributed by atoms with E-state index in [9.17, 15) is 0 Å². The molecule has 0 bridgehead atoms. The van der Waals surface area contributed by atoms with Gasteiger partial charge >= 0.3 is 0 Å². The Labute approximate surface area is 253 Å². The Morgan fingerprint density at radius 1 is 0.692 bits per heavy atom. The Balaban J connectivity index is -0.000000124. The van der Waals surface area contributed by atoms with Crippen LogP contribution in [0.5, 0.6) is 0 Å². The van der Waals surface area contributed by atoms with E-state index < -0.39 is 0 Å². The van der Waals surface area contributed by atoms with Crippen LogP contribution in [0.4, 0.5) is 0 Å². The fourth-order valence-electron chi connectivity index (χ4n) is 3.70. The van der Waals surface area contributed by atoms with Gasteiger partial charge in [0.2, 0.25) is 0 Å². The Morgan fingerprint density at radius 2 is 1.15 bits per heavy atom. The normalized spacial score (nSPS) is 21.0. The van der Waals surface area contributed by atoms with Crippen LogP contribution in [-0.4, -0.2) is 0 Å². The average molecular weight is 553 g/mol. The highest BCUT2D eigenvalue weighted by Crippen LogP contribution is 2.30. The van der Waals surface area contributed by atoms with Crippen molar-refractivity contribution in [2.24, 2.45) is 29.6 Å². The van der Waals surface area contributed by atoms with Crippen molar-refractivity contribution in [1.29, 1.82) is 0 Å². The molecule has 0 spiro atoms. The maximum atomic E-state index is 2.47. The van der Waals surface area contributed by atoms with Gasteiger partial charge in [-0.25, -0.2) is 0 Å². The largest absolute Gasteiger partial charge is 0.0851 e. The van der Waals surface area contributed by atoms with Gasteiger partial charge in [0.05, 0.1) is 0 Å². The van der Waals surface area contributed by atoms with Crippen LogP contribution < -0.4 is 0 Å². The Bertz CT molecular complexity index is 462. The van der Waals surface area contributed by atoms with Crippen LogP contribution in [0.25, 0.3) is 0 Å². The molecule has 0 saturated carbocycles. The summed E-state index contributed by atoms with van der Waals surface area (Å²) in [4.78, 5) is 0. The lowest BCUT2D eigenvalue weighted by Gasteiger charge is -2.24. The smallest absolute Gasteiger partial charge is 0.0231 e. The van der Waals surface area contributed by atoms with Gasteiger partial charge in [-0.1, -0.05) is 186 Å². The lowest BCUT2D eigenvalue weighted by molar-refractivity contribution is 0.366. The highest BCUT2D eigenvalue weighted by Gasteiger charge is 2.16. The van der Waals surface area contributed by atoms with Crippen LogP contribution in [0.3, 0.4) is 0 Å². The molecule has 0 N–H and O–H groups in total. The second kappa shape index (κ2) is 39.6. The number of hydrogen-bond donors (Lipinski definition) is 0. The minimum Gasteiger partial charge on any atom is -0.0851 e. The Hall–Kier alpha value is -0.520. The van der Waals surface area contributed by atoms with Crippen LogP contribution in [0.15, 0.2) is 23.3 Å². The average Bonchev–Trinajstić information content (AvgIpc) is 2.94. The zero-order chi connectivity index (χ0) is 31.6. The molecule has 0 fully saturated rings. The van der Waals surface area contributed by atoms with Crippen molar-refractivity contribution in [3.05, 3.63) is 23.3 Å². The maximum absolute atomic E-state index is 2.47. The fourth-order valence-corrected chi connectivity index (χ4v) is 3.70. The van der Waals surface area contributed by atoms with Gasteiger partial charge in [0.15, 0.2) is 0 Å². The summed E-state index contributed by atoms with van der Waals surface area (Å²) in [6, 6.07) is 0. The number of rotatable bonds is 6. The number of allylic oxidation sites excluding steroid dienone is 4. The van der Waals surface area contributed by atoms with Gasteiger partial charge in [-0.2, -0.15) is 0 Å². The second-order valence-electron chi connectivity index (χ2n) is 12.0. The van der Waals surface area contributed by atoms with E-state index in [1.165, 1.54) is 83.5 Å². The van der Waals surface area contributed by atoms with E-state index in [2.05, 4.69) is 116 Å². The molecule has 39 heavy (non-hydrogen) atoms. The molecule has 0 heterocycles. The van der Waals surface area contributed by atoms with Gasteiger partial charge < -0.3 is 0 Å². The van der Waals surface area contributed by atoms with Crippen LogP contribution in [-0.2, 0) is 0 Å². The predicted octanol–water partition coefficient (Wildman–Crippen LogP) is 15.3. The standard InChI is InChI=1S/2C10H18.2C5H12.C4H10.C3H8.C2H6/c1-4-10-6-5-8(2)9(3)7-10;1-4-10-7-8(2)5-6-9(10)3;1-4-5(2)3;1-3-5-4-2;1-3-4-2;1-3-2;1-2/h6,8-9H,4-5,7H2,1-3H3;7-9H,4-6H2,1-3H3;5H,4H2,1-3H3;3-5H2,1-2H3;3-4H2,1-2H3;3H2,1-2H3;1-2H3. The number of unbranched alkanes of at least 4 members (excludes halogenated alkanes) is 3. The highest BCUT2D eigenvalue weighted by atomic mass is 14.2. The van der Waals surface area contributed by atoms with Crippen LogP contribution >= 0.6 is 0 Å². The van der Waals surface area contributed by atoms with E-state index in [0.717, 1.165) is 29.6 Å². The summed E-state index contributed by atoms with van der Waals surface area (Å²) in [7, 11) is 0. The van der Waals surface area contributed by atoms with Crippen LogP contribution in [0.1, 0.15) is 201 Å². The van der Waals surface area contributed by atoms with Crippen molar-refractivity contribution in [2.45, 2.75) is 201 Å². The van der Waals surface area contributed by atoms with Gasteiger partial charge in [-0.3, -0.25) is 0 Å². The molecule has 0 nitrogen and oxygen atoms in total. The van der Waals surface area contributed by atoms with Crippen molar-refractivity contribution in [3.8, 4) is 0 Å². The topological polar surface area (TPSA) is 0 Å². The van der Waals surface area contributed by atoms with E-state index in [-0.39, 0.29) is 0 Å². The van der Waals surface area contributed by atoms with Gasteiger partial charge in [0.1, 0.15) is 0 Å². The van der Waals surface area contributed by atoms with Crippen LogP contribution in [0, 0.1) is 29.6 Å². The lowest BCUT2D eigenvalue weighted by atomic mass is 9.81. The van der Waals surface area contributed by atoms with Gasteiger partial charge in [0.25, 0.3) is 0 Å². The molecule has 2 aliphatic carbocycles. The summed E-state index contributed by atoms with van der Waals surface area (Å²) in [5, 5.41) is 0. The summed E-state index contributed by atoms with van der Waals surface area (Å²) in [5.74, 6) is 4.41. The van der Waals surface area contributed by atoms with E-state index in [1.54, 1.807) is 11.1 Å². The minimum atomic E-state index is 0.839. The van der Waals surface area contributed by atoms with Crippen LogP contribution in [0.2, 0.25) is 0 Å². The summed E-state index contributed by atoms with van der Waals surface area (Å²) in [5.41, 5.74) is 3.35. The molecule has 0 aromatic carbocycles. The molecule has 0 aromatic rings. The zero-order valence-corrected chi connectivity index (χ0v) is 31.2. The zero-order valence-electron chi connectivity index (χ0n) is 31.2.